The molecule has 83 heavy (non-hydrogen) atoms. The van der Waals surface area contributed by atoms with Crippen molar-refractivity contribution in [2.24, 2.45) is 5.92 Å². The van der Waals surface area contributed by atoms with Crippen molar-refractivity contribution in [2.75, 3.05) is 102 Å². The summed E-state index contributed by atoms with van der Waals surface area (Å²) in [5.41, 5.74) is 5.66. The van der Waals surface area contributed by atoms with Gasteiger partial charge in [-0.3, -0.25) is 19.2 Å². The standard InChI is InChI=1S/C60H70ClFN10O10S/c1-35(2)52(51-26-36(3)69-82-51)59(78)72-32-44(76)29-50(72)58(77)66-49(39-10-12-40(13-11-39)56-37(4)65-34-83-56)33-81-25-24-80-23-22-79-21-16-63-31-42(74)14-15-64-60-67-55-47(57(68-60)71-19-17-70(18-20-71)38(5)73)30-48(61)53(54(55)62)46-28-43(75)27-41-8-6-7-9-45(41)46/h6-13,26-28,30,34-35,44,49-50,52,63,75-76H,14-25,29,31-33H2,1-5H3,(H,66,77)(H,64,67,68)/t44-,49+,50+,52-/m1/s1. The number of carbonyl (C=O) groups excluding carboxylic acids is 4. The topological polar surface area (TPSA) is 247 Å². The van der Waals surface area contributed by atoms with Crippen LogP contribution < -0.4 is 20.9 Å². The molecule has 5 N–H and O–H groups in total. The lowest BCUT2D eigenvalue weighted by atomic mass is 9.91. The zero-order chi connectivity index (χ0) is 58.7. The first-order valence-corrected chi connectivity index (χ1v) is 29.1. The van der Waals surface area contributed by atoms with E-state index in [1.54, 1.807) is 46.9 Å². The number of hydrogen-bond donors (Lipinski definition) is 5. The van der Waals surface area contributed by atoms with Gasteiger partial charge in [0, 0.05) is 82.6 Å². The minimum absolute atomic E-state index is 0.0120. The van der Waals surface area contributed by atoms with Gasteiger partial charge in [0.05, 0.1) is 85.1 Å². The number of aromatic hydroxyl groups is 1. The molecule has 0 bridgehead atoms. The lowest BCUT2D eigenvalue weighted by Gasteiger charge is -2.35. The summed E-state index contributed by atoms with van der Waals surface area (Å²) < 4.78 is 40.0. The summed E-state index contributed by atoms with van der Waals surface area (Å²) in [6.07, 6.45) is -0.669. The third-order valence-electron chi connectivity index (χ3n) is 14.9. The number of ketones is 1. The molecule has 3 aromatic heterocycles. The normalized spacial score (nSPS) is 16.3. The average Bonchev–Trinajstić information content (AvgIpc) is 2.08. The Balaban J connectivity index is 0.723. The number of aromatic nitrogens is 4. The van der Waals surface area contributed by atoms with Crippen LogP contribution in [0.2, 0.25) is 5.02 Å². The van der Waals surface area contributed by atoms with Gasteiger partial charge in [-0.05, 0) is 65.4 Å². The summed E-state index contributed by atoms with van der Waals surface area (Å²) >= 11 is 8.43. The fraction of sp³-hybridized carbons (Fsp3) is 0.433. The Morgan fingerprint density at radius 2 is 1.64 bits per heavy atom. The first-order valence-electron chi connectivity index (χ1n) is 27.9. The maximum absolute atomic E-state index is 17.0. The molecule has 23 heteroatoms. The number of amides is 3. The number of benzene rings is 4. The van der Waals surface area contributed by atoms with Gasteiger partial charge in [0.15, 0.2) is 5.82 Å². The molecule has 0 radical (unpaired) electrons. The Hall–Kier alpha value is -7.18. The number of β-amino-alcohol motifs (C(OH)–C–C–N with tert-alkyl or cyclic N) is 1. The minimum Gasteiger partial charge on any atom is -0.508 e. The highest BCUT2D eigenvalue weighted by molar-refractivity contribution is 7.13. The van der Waals surface area contributed by atoms with E-state index in [-0.39, 0.29) is 104 Å². The number of aliphatic hydroxyl groups is 1. The number of piperazine rings is 1. The van der Waals surface area contributed by atoms with E-state index in [0.717, 1.165) is 21.7 Å². The van der Waals surface area contributed by atoms with Gasteiger partial charge in [0.1, 0.15) is 40.6 Å². The Labute approximate surface area is 489 Å². The number of aryl methyl sites for hydroxylation is 2. The van der Waals surface area contributed by atoms with E-state index in [9.17, 15) is 29.4 Å². The van der Waals surface area contributed by atoms with Crippen LogP contribution in [-0.2, 0) is 33.4 Å². The summed E-state index contributed by atoms with van der Waals surface area (Å²) in [4.78, 5) is 73.3. The van der Waals surface area contributed by atoms with Crippen molar-refractivity contribution >= 4 is 79.9 Å². The third kappa shape index (κ3) is 14.8. The number of aliphatic hydroxyl groups excluding tert-OH is 1. The van der Waals surface area contributed by atoms with Crippen molar-refractivity contribution in [3.8, 4) is 27.3 Å². The summed E-state index contributed by atoms with van der Waals surface area (Å²) in [7, 11) is 0. The first kappa shape index (κ1) is 60.4. The summed E-state index contributed by atoms with van der Waals surface area (Å²) in [6, 6.07) is 20.1. The molecule has 5 heterocycles. The van der Waals surface area contributed by atoms with Crippen LogP contribution in [0, 0.1) is 25.6 Å². The number of hydrogen-bond acceptors (Lipinski definition) is 18. The molecule has 9 rings (SSSR count). The highest BCUT2D eigenvalue weighted by atomic mass is 35.5. The summed E-state index contributed by atoms with van der Waals surface area (Å²) in [5.74, 6) is -1.43. The molecule has 20 nitrogen and oxygen atoms in total. The van der Waals surface area contributed by atoms with Gasteiger partial charge in [0.25, 0.3) is 0 Å². The van der Waals surface area contributed by atoms with Gasteiger partial charge in [0.2, 0.25) is 23.7 Å². The number of likely N-dealkylation sites (tertiary alicyclic amines) is 1. The van der Waals surface area contributed by atoms with Crippen molar-refractivity contribution in [2.45, 2.75) is 71.6 Å². The van der Waals surface area contributed by atoms with Crippen LogP contribution in [0.25, 0.3) is 43.2 Å². The molecule has 7 aromatic rings. The number of Topliss-reactive ketones (excluding diaryl/α,β-unsaturated/α-hetero) is 1. The number of phenolic OH excluding ortho intramolecular Hbond substituents is 1. The number of fused-ring (bicyclic) bond motifs is 2. The van der Waals surface area contributed by atoms with Crippen molar-refractivity contribution in [3.63, 3.8) is 0 Å². The molecule has 0 saturated carbocycles. The van der Waals surface area contributed by atoms with Gasteiger partial charge >= 0.3 is 0 Å². The van der Waals surface area contributed by atoms with Crippen LogP contribution in [0.1, 0.15) is 68.3 Å². The molecule has 0 unspecified atom stereocenters. The Bertz CT molecular complexity index is 3410. The van der Waals surface area contributed by atoms with E-state index in [2.05, 4.69) is 31.1 Å². The second kappa shape index (κ2) is 27.9. The molecule has 0 aliphatic carbocycles. The van der Waals surface area contributed by atoms with Gasteiger partial charge in [-0.15, -0.1) is 11.3 Å². The number of rotatable bonds is 26. The average molecular weight is 1180 g/mol. The Morgan fingerprint density at radius 3 is 2.34 bits per heavy atom. The monoisotopic (exact) mass is 1180 g/mol. The highest BCUT2D eigenvalue weighted by Gasteiger charge is 2.44. The van der Waals surface area contributed by atoms with Crippen LogP contribution in [0.3, 0.4) is 0 Å². The van der Waals surface area contributed by atoms with Crippen LogP contribution in [0.5, 0.6) is 5.75 Å². The Kier molecular flexibility index (Phi) is 20.3. The lowest BCUT2D eigenvalue weighted by molar-refractivity contribution is -0.141. The molecule has 0 spiro atoms. The maximum Gasteiger partial charge on any atom is 0.243 e. The highest BCUT2D eigenvalue weighted by Crippen LogP contribution is 2.43. The number of nitrogens with one attached hydrogen (secondary N) is 3. The fourth-order valence-electron chi connectivity index (χ4n) is 10.6. The van der Waals surface area contributed by atoms with Crippen LogP contribution >= 0.6 is 22.9 Å². The van der Waals surface area contributed by atoms with E-state index >= 15 is 4.39 Å². The second-order valence-corrected chi connectivity index (χ2v) is 22.4. The molecule has 4 aromatic carbocycles. The van der Waals surface area contributed by atoms with Crippen LogP contribution in [0.4, 0.5) is 16.2 Å². The number of nitrogens with zero attached hydrogens (tertiary/aromatic N) is 7. The van der Waals surface area contributed by atoms with Crippen LogP contribution in [0.15, 0.2) is 82.8 Å². The number of phenols is 1. The largest absolute Gasteiger partial charge is 0.508 e. The maximum atomic E-state index is 17.0. The molecule has 2 aliphatic heterocycles. The smallest absolute Gasteiger partial charge is 0.243 e. The van der Waals surface area contributed by atoms with Crippen molar-refractivity contribution in [3.05, 3.63) is 112 Å². The summed E-state index contributed by atoms with van der Waals surface area (Å²) in [6.45, 7) is 13.1. The van der Waals surface area contributed by atoms with Crippen molar-refractivity contribution < 1.29 is 52.5 Å². The Morgan fingerprint density at radius 1 is 0.904 bits per heavy atom. The van der Waals surface area contributed by atoms with Crippen LogP contribution in [-0.4, -0.2) is 168 Å². The van der Waals surface area contributed by atoms with E-state index < -0.39 is 35.8 Å². The molecule has 2 aliphatic rings. The van der Waals surface area contributed by atoms with Crippen molar-refractivity contribution in [1.29, 1.82) is 0 Å². The molecule has 440 valence electrons. The van der Waals surface area contributed by atoms with Gasteiger partial charge in [-0.1, -0.05) is 79.1 Å². The number of anilines is 2. The SMILES string of the molecule is CC(=O)N1CCN(c2nc(NCCC(=O)CNCCOCCOCCOC[C@H](NC(=O)[C@@H]3C[C@@H](O)CN3C(=O)[C@@H](c3cc(C)no3)C(C)C)c3ccc(-c4scnc4C)cc3)nc3c(F)c(-c4cc(O)cc5ccccc45)c(Cl)cc23)CC1. The predicted octanol–water partition coefficient (Wildman–Crippen LogP) is 7.61. The molecule has 2 fully saturated rings. The van der Waals surface area contributed by atoms with E-state index in [4.69, 9.17) is 35.3 Å². The van der Waals surface area contributed by atoms with Crippen molar-refractivity contribution in [1.82, 2.24) is 40.5 Å². The zero-order valence-electron chi connectivity index (χ0n) is 47.2. The van der Waals surface area contributed by atoms with E-state index in [1.807, 2.05) is 74.2 Å². The number of ether oxygens (including phenoxy) is 3. The van der Waals surface area contributed by atoms with Gasteiger partial charge in [-0.25, -0.2) is 14.4 Å². The molecule has 4 atom stereocenters. The third-order valence-corrected chi connectivity index (χ3v) is 16.1. The molecular weight excluding hydrogens is 1110 g/mol. The fourth-order valence-corrected chi connectivity index (χ4v) is 11.7. The zero-order valence-corrected chi connectivity index (χ0v) is 48.7. The quantitative estimate of drug-likeness (QED) is 0.0327. The second-order valence-electron chi connectivity index (χ2n) is 21.2. The van der Waals surface area contributed by atoms with Gasteiger partial charge in [-0.2, -0.15) is 4.98 Å². The predicted molar refractivity (Wildman–Crippen MR) is 315 cm³/mol. The summed E-state index contributed by atoms with van der Waals surface area (Å²) in [5, 5.41) is 36.6. The number of thiazole rings is 1. The van der Waals surface area contributed by atoms with E-state index in [1.165, 1.54) is 17.9 Å². The van der Waals surface area contributed by atoms with E-state index in [0.29, 0.717) is 91.5 Å². The first-order chi connectivity index (χ1) is 40.0. The lowest BCUT2D eigenvalue weighted by Crippen LogP contribution is -2.49. The minimum atomic E-state index is -0.917. The number of halogens is 2. The number of carbonyl (C=O) groups is 4. The molecule has 2 saturated heterocycles. The molecule has 3 amide bonds. The van der Waals surface area contributed by atoms with Gasteiger partial charge < -0.3 is 59.6 Å². The molecular formula is C60H70ClFN10O10S.